The van der Waals surface area contributed by atoms with E-state index in [9.17, 15) is 10.2 Å². The van der Waals surface area contributed by atoms with E-state index in [1.54, 1.807) is 18.2 Å². The highest BCUT2D eigenvalue weighted by molar-refractivity contribution is 5.76. The molecule has 0 heterocycles. The second-order valence-corrected chi connectivity index (χ2v) is 3.59. The number of phenols is 2. The van der Waals surface area contributed by atoms with E-state index in [1.807, 2.05) is 0 Å². The molecule has 0 amide bonds. The van der Waals surface area contributed by atoms with Crippen LogP contribution < -0.4 is 11.5 Å². The number of rotatable bonds is 1. The van der Waals surface area contributed by atoms with Crippen molar-refractivity contribution in [3.05, 3.63) is 36.4 Å². The molecule has 0 aliphatic carbocycles. The third-order valence-corrected chi connectivity index (χ3v) is 2.27. The first-order chi connectivity index (χ1) is 7.56. The molecule has 82 valence electrons. The molecule has 2 aromatic carbocycles. The van der Waals surface area contributed by atoms with Crippen LogP contribution in [0.4, 0.5) is 11.4 Å². The Morgan fingerprint density at radius 3 is 2.25 bits per heavy atom. The second kappa shape index (κ2) is 3.66. The van der Waals surface area contributed by atoms with Crippen molar-refractivity contribution in [2.75, 3.05) is 11.5 Å². The van der Waals surface area contributed by atoms with Gasteiger partial charge in [0.25, 0.3) is 0 Å². The standard InChI is InChI=1S/C12H12N2O2/c13-8-1-2-12(16)11(6-8)7-3-9(14)5-10(15)4-7/h1-6,15-16H,13-14H2. The molecule has 0 aliphatic heterocycles. The van der Waals surface area contributed by atoms with Crippen LogP contribution >= 0.6 is 0 Å². The van der Waals surface area contributed by atoms with Crippen LogP contribution in [0.25, 0.3) is 11.1 Å². The van der Waals surface area contributed by atoms with Crippen LogP contribution in [0.3, 0.4) is 0 Å². The van der Waals surface area contributed by atoms with Gasteiger partial charge in [0.05, 0.1) is 0 Å². The van der Waals surface area contributed by atoms with Crippen molar-refractivity contribution in [3.63, 3.8) is 0 Å². The molecular formula is C12H12N2O2. The van der Waals surface area contributed by atoms with Crippen LogP contribution in [0.1, 0.15) is 0 Å². The predicted octanol–water partition coefficient (Wildman–Crippen LogP) is 1.93. The molecule has 16 heavy (non-hydrogen) atoms. The van der Waals surface area contributed by atoms with E-state index in [1.165, 1.54) is 18.2 Å². The molecule has 4 nitrogen and oxygen atoms in total. The maximum absolute atomic E-state index is 9.69. The largest absolute Gasteiger partial charge is 0.508 e. The molecule has 4 heteroatoms. The molecule has 0 radical (unpaired) electrons. The van der Waals surface area contributed by atoms with Gasteiger partial charge in [-0.15, -0.1) is 0 Å². The first kappa shape index (κ1) is 10.2. The summed E-state index contributed by atoms with van der Waals surface area (Å²) in [5, 5.41) is 19.1. The molecular weight excluding hydrogens is 204 g/mol. The second-order valence-electron chi connectivity index (χ2n) is 3.59. The van der Waals surface area contributed by atoms with Gasteiger partial charge in [-0.25, -0.2) is 0 Å². The van der Waals surface area contributed by atoms with Gasteiger partial charge >= 0.3 is 0 Å². The fourth-order valence-electron chi connectivity index (χ4n) is 1.58. The molecule has 0 aromatic heterocycles. The lowest BCUT2D eigenvalue weighted by molar-refractivity contribution is 0.474. The summed E-state index contributed by atoms with van der Waals surface area (Å²) in [6, 6.07) is 9.35. The Morgan fingerprint density at radius 1 is 0.812 bits per heavy atom. The van der Waals surface area contributed by atoms with Crippen LogP contribution in [0, 0.1) is 0 Å². The summed E-state index contributed by atoms with van der Waals surface area (Å²) in [6.07, 6.45) is 0. The monoisotopic (exact) mass is 216 g/mol. The summed E-state index contributed by atoms with van der Waals surface area (Å²) in [4.78, 5) is 0. The van der Waals surface area contributed by atoms with Gasteiger partial charge in [-0.05, 0) is 35.9 Å². The minimum absolute atomic E-state index is 0.0526. The molecule has 2 aromatic rings. The molecule has 0 atom stereocenters. The SMILES string of the molecule is Nc1cc(O)cc(-c2cc(N)ccc2O)c1. The van der Waals surface area contributed by atoms with Crippen LogP contribution in [0.5, 0.6) is 11.5 Å². The third-order valence-electron chi connectivity index (χ3n) is 2.27. The smallest absolute Gasteiger partial charge is 0.123 e. The lowest BCUT2D eigenvalue weighted by Gasteiger charge is -2.07. The number of nitrogens with two attached hydrogens (primary N) is 2. The molecule has 0 saturated heterocycles. The average Bonchev–Trinajstić information content (AvgIpc) is 2.20. The maximum atomic E-state index is 9.69. The first-order valence-corrected chi connectivity index (χ1v) is 4.74. The lowest BCUT2D eigenvalue weighted by Crippen LogP contribution is -1.89. The summed E-state index contributed by atoms with van der Waals surface area (Å²) in [7, 11) is 0. The Bertz CT molecular complexity index is 518. The molecule has 6 N–H and O–H groups in total. The van der Waals surface area contributed by atoms with Crippen molar-refractivity contribution in [2.45, 2.75) is 0 Å². The van der Waals surface area contributed by atoms with Gasteiger partial charge < -0.3 is 21.7 Å². The Morgan fingerprint density at radius 2 is 1.56 bits per heavy atom. The van der Waals surface area contributed by atoms with E-state index in [0.717, 1.165) is 0 Å². The molecule has 0 aliphatic rings. The van der Waals surface area contributed by atoms with Gasteiger partial charge in [0.2, 0.25) is 0 Å². The van der Waals surface area contributed by atoms with Crippen LogP contribution in [0.15, 0.2) is 36.4 Å². The number of anilines is 2. The molecule has 2 rings (SSSR count). The van der Waals surface area contributed by atoms with Gasteiger partial charge in [0.15, 0.2) is 0 Å². The van der Waals surface area contributed by atoms with E-state index in [-0.39, 0.29) is 11.5 Å². The molecule has 0 bridgehead atoms. The highest BCUT2D eigenvalue weighted by Gasteiger charge is 2.06. The van der Waals surface area contributed by atoms with Crippen molar-refractivity contribution in [1.82, 2.24) is 0 Å². The van der Waals surface area contributed by atoms with Crippen LogP contribution in [-0.4, -0.2) is 10.2 Å². The van der Waals surface area contributed by atoms with Crippen molar-refractivity contribution < 1.29 is 10.2 Å². The number of hydrogen-bond acceptors (Lipinski definition) is 4. The highest BCUT2D eigenvalue weighted by Crippen LogP contribution is 2.33. The van der Waals surface area contributed by atoms with Crippen LogP contribution in [-0.2, 0) is 0 Å². The van der Waals surface area contributed by atoms with E-state index in [2.05, 4.69) is 0 Å². The van der Waals surface area contributed by atoms with E-state index < -0.39 is 0 Å². The van der Waals surface area contributed by atoms with Gasteiger partial charge in [0.1, 0.15) is 11.5 Å². The van der Waals surface area contributed by atoms with Gasteiger partial charge in [-0.2, -0.15) is 0 Å². The van der Waals surface area contributed by atoms with Crippen molar-refractivity contribution in [2.24, 2.45) is 0 Å². The summed E-state index contributed by atoms with van der Waals surface area (Å²) in [5.41, 5.74) is 13.4. The molecule has 0 unspecified atom stereocenters. The third kappa shape index (κ3) is 1.86. The first-order valence-electron chi connectivity index (χ1n) is 4.74. The Balaban J connectivity index is 2.62. The Hall–Kier alpha value is -2.36. The summed E-state index contributed by atoms with van der Waals surface area (Å²) in [5.74, 6) is 0.149. The fourth-order valence-corrected chi connectivity index (χ4v) is 1.58. The number of benzene rings is 2. The molecule has 0 fully saturated rings. The molecule has 0 saturated carbocycles. The van der Waals surface area contributed by atoms with Gasteiger partial charge in [-0.3, -0.25) is 0 Å². The van der Waals surface area contributed by atoms with E-state index in [4.69, 9.17) is 11.5 Å². The quantitative estimate of drug-likeness (QED) is 0.433. The predicted molar refractivity (Wildman–Crippen MR) is 64.0 cm³/mol. The van der Waals surface area contributed by atoms with E-state index in [0.29, 0.717) is 22.5 Å². The number of phenolic OH excluding ortho intramolecular Hbond substituents is 2. The van der Waals surface area contributed by atoms with Crippen molar-refractivity contribution >= 4 is 11.4 Å². The number of hydrogen-bond donors (Lipinski definition) is 4. The normalized spacial score (nSPS) is 10.2. The number of aromatic hydroxyl groups is 2. The van der Waals surface area contributed by atoms with Crippen molar-refractivity contribution in [3.8, 4) is 22.6 Å². The highest BCUT2D eigenvalue weighted by atomic mass is 16.3. The van der Waals surface area contributed by atoms with E-state index >= 15 is 0 Å². The number of nitrogen functional groups attached to an aromatic ring is 2. The zero-order valence-corrected chi connectivity index (χ0v) is 8.51. The van der Waals surface area contributed by atoms with Crippen molar-refractivity contribution in [1.29, 1.82) is 0 Å². The maximum Gasteiger partial charge on any atom is 0.123 e. The average molecular weight is 216 g/mol. The summed E-state index contributed by atoms with van der Waals surface area (Å²) >= 11 is 0. The lowest BCUT2D eigenvalue weighted by atomic mass is 10.0. The fraction of sp³-hybridized carbons (Fsp3) is 0. The summed E-state index contributed by atoms with van der Waals surface area (Å²) in [6.45, 7) is 0. The Kier molecular flexibility index (Phi) is 2.32. The minimum Gasteiger partial charge on any atom is -0.508 e. The Labute approximate surface area is 92.8 Å². The summed E-state index contributed by atoms with van der Waals surface area (Å²) < 4.78 is 0. The molecule has 0 spiro atoms. The van der Waals surface area contributed by atoms with Gasteiger partial charge in [0, 0.05) is 23.0 Å². The zero-order chi connectivity index (χ0) is 11.7. The zero-order valence-electron chi connectivity index (χ0n) is 8.51. The van der Waals surface area contributed by atoms with Crippen LogP contribution in [0.2, 0.25) is 0 Å². The topological polar surface area (TPSA) is 92.5 Å². The van der Waals surface area contributed by atoms with Gasteiger partial charge in [-0.1, -0.05) is 0 Å². The minimum atomic E-state index is 0.0526.